The third kappa shape index (κ3) is 3.39. The Morgan fingerprint density at radius 3 is 2.68 bits per heavy atom. The number of anilines is 1. The van der Waals surface area contributed by atoms with Crippen molar-refractivity contribution in [3.63, 3.8) is 0 Å². The van der Waals surface area contributed by atoms with Crippen molar-refractivity contribution in [3.05, 3.63) is 64.7 Å². The highest BCUT2D eigenvalue weighted by Gasteiger charge is 2.61. The van der Waals surface area contributed by atoms with Crippen molar-refractivity contribution < 1.29 is 23.9 Å². The van der Waals surface area contributed by atoms with Crippen molar-refractivity contribution in [1.82, 2.24) is 4.90 Å². The second-order valence-corrected chi connectivity index (χ2v) is 8.02. The Labute approximate surface area is 181 Å². The first-order valence-electron chi connectivity index (χ1n) is 10.4. The van der Waals surface area contributed by atoms with Crippen LogP contribution in [-0.2, 0) is 25.7 Å². The number of ether oxygens (including phenoxy) is 2. The van der Waals surface area contributed by atoms with Crippen molar-refractivity contribution in [3.8, 4) is 0 Å². The van der Waals surface area contributed by atoms with Gasteiger partial charge >= 0.3 is 5.97 Å². The van der Waals surface area contributed by atoms with Crippen molar-refractivity contribution >= 4 is 23.5 Å². The maximum atomic E-state index is 13.6. The van der Waals surface area contributed by atoms with Crippen molar-refractivity contribution in [1.29, 1.82) is 0 Å². The van der Waals surface area contributed by atoms with Crippen LogP contribution in [-0.4, -0.2) is 48.6 Å². The number of carbonyl (C=O) groups excluding carboxylic acids is 3. The van der Waals surface area contributed by atoms with E-state index in [1.807, 2.05) is 32.0 Å². The van der Waals surface area contributed by atoms with Crippen LogP contribution in [0.2, 0.25) is 0 Å². The average molecular weight is 422 g/mol. The van der Waals surface area contributed by atoms with E-state index in [1.54, 1.807) is 24.3 Å². The van der Waals surface area contributed by atoms with Gasteiger partial charge in [0.2, 0.25) is 11.6 Å². The van der Waals surface area contributed by atoms with Gasteiger partial charge in [0, 0.05) is 26.5 Å². The Balaban J connectivity index is 1.74. The molecule has 162 valence electrons. The number of methoxy groups -OCH3 is 1. The predicted molar refractivity (Wildman–Crippen MR) is 115 cm³/mol. The van der Waals surface area contributed by atoms with Crippen LogP contribution < -0.4 is 4.90 Å². The lowest BCUT2D eigenvalue weighted by atomic mass is 9.96. The van der Waals surface area contributed by atoms with Gasteiger partial charge in [0.25, 0.3) is 5.91 Å². The van der Waals surface area contributed by atoms with E-state index in [0.717, 1.165) is 16.7 Å². The van der Waals surface area contributed by atoms with Crippen LogP contribution in [0, 0.1) is 13.8 Å². The van der Waals surface area contributed by atoms with Crippen LogP contribution >= 0.6 is 0 Å². The number of esters is 1. The van der Waals surface area contributed by atoms with E-state index in [0.29, 0.717) is 11.3 Å². The summed E-state index contributed by atoms with van der Waals surface area (Å²) in [4.78, 5) is 42.8. The molecule has 0 N–H and O–H groups in total. The van der Waals surface area contributed by atoms with E-state index >= 15 is 0 Å². The number of para-hydroxylation sites is 1. The summed E-state index contributed by atoms with van der Waals surface area (Å²) in [7, 11) is 1.53. The zero-order chi connectivity index (χ0) is 22.2. The van der Waals surface area contributed by atoms with E-state index in [2.05, 4.69) is 0 Å². The van der Waals surface area contributed by atoms with Crippen LogP contribution in [0.3, 0.4) is 0 Å². The molecule has 2 aromatic carbocycles. The maximum absolute atomic E-state index is 13.6. The normalized spacial score (nSPS) is 20.0. The number of fused-ring (bicyclic) bond motifs is 3. The number of hydrogen-bond acceptors (Lipinski definition) is 5. The standard InChI is InChI=1S/C24H26N2O5/c1-16-8-9-17(2)18(14-16)15-31-23(29)24-11-10-21(27)26(24)20-7-5-4-6-19(20)22(28)25(24)12-13-30-3/h4-9,14H,10-13,15H2,1-3H3/t24-/m0/s1. The molecule has 1 fully saturated rings. The molecule has 4 rings (SSSR count). The Kier molecular flexibility index (Phi) is 5.54. The van der Waals surface area contributed by atoms with Crippen LogP contribution in [0.25, 0.3) is 0 Å². The minimum atomic E-state index is -1.50. The summed E-state index contributed by atoms with van der Waals surface area (Å²) in [6, 6.07) is 12.8. The van der Waals surface area contributed by atoms with Gasteiger partial charge in [-0.15, -0.1) is 0 Å². The average Bonchev–Trinajstić information content (AvgIpc) is 3.12. The Morgan fingerprint density at radius 1 is 1.13 bits per heavy atom. The summed E-state index contributed by atoms with van der Waals surface area (Å²) < 4.78 is 11.0. The first-order chi connectivity index (χ1) is 14.9. The molecular weight excluding hydrogens is 396 g/mol. The molecule has 0 aromatic heterocycles. The number of carbonyl (C=O) groups is 3. The Bertz CT molecular complexity index is 1050. The van der Waals surface area contributed by atoms with Crippen LogP contribution in [0.4, 0.5) is 5.69 Å². The van der Waals surface area contributed by atoms with Gasteiger partial charge in [-0.2, -0.15) is 0 Å². The van der Waals surface area contributed by atoms with Gasteiger partial charge in [0.05, 0.1) is 17.9 Å². The minimum absolute atomic E-state index is 0.0735. The summed E-state index contributed by atoms with van der Waals surface area (Å²) in [6.07, 6.45) is 0.338. The van der Waals surface area contributed by atoms with Gasteiger partial charge in [-0.3, -0.25) is 14.5 Å². The molecular formula is C24H26N2O5. The molecule has 2 aromatic rings. The number of rotatable bonds is 6. The highest BCUT2D eigenvalue weighted by Crippen LogP contribution is 2.45. The minimum Gasteiger partial charge on any atom is -0.458 e. The summed E-state index contributed by atoms with van der Waals surface area (Å²) >= 11 is 0. The lowest BCUT2D eigenvalue weighted by molar-refractivity contribution is -0.159. The van der Waals surface area contributed by atoms with E-state index in [-0.39, 0.29) is 44.4 Å². The maximum Gasteiger partial charge on any atom is 0.354 e. The van der Waals surface area contributed by atoms with E-state index in [9.17, 15) is 14.4 Å². The van der Waals surface area contributed by atoms with Crippen LogP contribution in [0.1, 0.15) is 39.9 Å². The molecule has 2 aliphatic rings. The first kappa shape index (κ1) is 21.1. The zero-order valence-corrected chi connectivity index (χ0v) is 18.0. The molecule has 7 heteroatoms. The Morgan fingerprint density at radius 2 is 1.90 bits per heavy atom. The molecule has 2 aliphatic heterocycles. The molecule has 2 amide bonds. The van der Waals surface area contributed by atoms with E-state index in [1.165, 1.54) is 16.9 Å². The molecule has 1 saturated heterocycles. The largest absolute Gasteiger partial charge is 0.458 e. The fourth-order valence-corrected chi connectivity index (χ4v) is 4.45. The second kappa shape index (κ2) is 8.15. The number of aryl methyl sites for hydroxylation is 2. The van der Waals surface area contributed by atoms with Gasteiger partial charge in [0.1, 0.15) is 6.61 Å². The third-order valence-corrected chi connectivity index (χ3v) is 6.08. The molecule has 0 bridgehead atoms. The number of nitrogens with zero attached hydrogens (tertiary/aromatic N) is 2. The lowest BCUT2D eigenvalue weighted by Gasteiger charge is -2.48. The number of amides is 2. The third-order valence-electron chi connectivity index (χ3n) is 6.08. The predicted octanol–water partition coefficient (Wildman–Crippen LogP) is 2.97. The highest BCUT2D eigenvalue weighted by molar-refractivity contribution is 6.15. The molecule has 2 heterocycles. The molecule has 31 heavy (non-hydrogen) atoms. The van der Waals surface area contributed by atoms with Crippen LogP contribution in [0.15, 0.2) is 42.5 Å². The smallest absolute Gasteiger partial charge is 0.354 e. The summed E-state index contributed by atoms with van der Waals surface area (Å²) in [5.74, 6) is -1.11. The molecule has 0 radical (unpaired) electrons. The quantitative estimate of drug-likeness (QED) is 0.669. The Hall–Kier alpha value is -3.19. The van der Waals surface area contributed by atoms with E-state index < -0.39 is 11.6 Å². The fourth-order valence-electron chi connectivity index (χ4n) is 4.45. The summed E-state index contributed by atoms with van der Waals surface area (Å²) in [5.41, 5.74) is 2.32. The molecule has 1 atom stereocenters. The second-order valence-electron chi connectivity index (χ2n) is 8.02. The molecule has 7 nitrogen and oxygen atoms in total. The topological polar surface area (TPSA) is 76.2 Å². The van der Waals surface area contributed by atoms with Crippen molar-refractivity contribution in [2.75, 3.05) is 25.2 Å². The van der Waals surface area contributed by atoms with Gasteiger partial charge in [-0.1, -0.05) is 35.9 Å². The molecule has 0 spiro atoms. The van der Waals surface area contributed by atoms with Gasteiger partial charge in [0.15, 0.2) is 0 Å². The van der Waals surface area contributed by atoms with Gasteiger partial charge in [-0.25, -0.2) is 4.79 Å². The molecule has 0 unspecified atom stereocenters. The zero-order valence-electron chi connectivity index (χ0n) is 18.0. The van der Waals surface area contributed by atoms with E-state index in [4.69, 9.17) is 9.47 Å². The SMILES string of the molecule is COCCN1C(=O)c2ccccc2N2C(=O)CC[C@]12C(=O)OCc1cc(C)ccc1C. The van der Waals surface area contributed by atoms with Crippen molar-refractivity contribution in [2.45, 2.75) is 39.0 Å². The molecule has 0 aliphatic carbocycles. The van der Waals surface area contributed by atoms with Gasteiger partial charge < -0.3 is 14.4 Å². The summed E-state index contributed by atoms with van der Waals surface area (Å²) in [5, 5.41) is 0. The fraction of sp³-hybridized carbons (Fsp3) is 0.375. The van der Waals surface area contributed by atoms with Crippen molar-refractivity contribution in [2.24, 2.45) is 0 Å². The summed E-state index contributed by atoms with van der Waals surface area (Å²) in [6.45, 7) is 4.42. The number of hydrogen-bond donors (Lipinski definition) is 0. The van der Waals surface area contributed by atoms with Crippen LogP contribution in [0.5, 0.6) is 0 Å². The number of benzene rings is 2. The first-order valence-corrected chi connectivity index (χ1v) is 10.4. The lowest BCUT2D eigenvalue weighted by Crippen LogP contribution is -2.68. The molecule has 0 saturated carbocycles. The highest BCUT2D eigenvalue weighted by atomic mass is 16.5. The monoisotopic (exact) mass is 422 g/mol. The van der Waals surface area contributed by atoms with Gasteiger partial charge in [-0.05, 0) is 37.1 Å².